The quantitative estimate of drug-likeness (QED) is 0.729. The Hall–Kier alpha value is -1.26. The van der Waals surface area contributed by atoms with Crippen LogP contribution < -0.4 is 5.73 Å². The smallest absolute Gasteiger partial charge is 0.149 e. The number of nitrogens with two attached hydrogens (primary N) is 1. The molecule has 0 saturated carbocycles. The molecule has 3 nitrogen and oxygen atoms in total. The Balaban J connectivity index is 2.44. The highest BCUT2D eigenvalue weighted by Gasteiger charge is 2.23. The summed E-state index contributed by atoms with van der Waals surface area (Å²) < 4.78 is 12.7. The van der Waals surface area contributed by atoms with Crippen LogP contribution in [0, 0.1) is 13.8 Å². The molecule has 2 N–H and O–H groups in total. The third-order valence-electron chi connectivity index (χ3n) is 3.38. The SMILES string of the molecule is Cc1cc2c(CC(C)(C)N)c3oc(C)cc3c(Br)c2o1. The molecule has 0 unspecified atom stereocenters. The van der Waals surface area contributed by atoms with Crippen molar-refractivity contribution in [2.75, 3.05) is 0 Å². The fraction of sp³-hybridized carbons (Fsp3) is 0.375. The standard InChI is InChI=1S/C16H18BrNO2/c1-8-5-10-12(7-16(3,4)18)14-11(6-9(2)19-14)13(17)15(10)20-8/h5-6H,7,18H2,1-4H3. The molecule has 0 fully saturated rings. The molecule has 0 aliphatic heterocycles. The first-order valence-electron chi connectivity index (χ1n) is 6.66. The van der Waals surface area contributed by atoms with Crippen LogP contribution >= 0.6 is 15.9 Å². The van der Waals surface area contributed by atoms with Gasteiger partial charge in [-0.15, -0.1) is 0 Å². The van der Waals surface area contributed by atoms with Gasteiger partial charge in [0.25, 0.3) is 0 Å². The van der Waals surface area contributed by atoms with Crippen LogP contribution in [-0.2, 0) is 6.42 Å². The van der Waals surface area contributed by atoms with E-state index in [1.807, 2.05) is 33.8 Å². The normalized spacial score (nSPS) is 12.7. The third kappa shape index (κ3) is 2.17. The van der Waals surface area contributed by atoms with Crippen LogP contribution in [0.15, 0.2) is 25.4 Å². The van der Waals surface area contributed by atoms with Gasteiger partial charge in [0.2, 0.25) is 0 Å². The Labute approximate surface area is 126 Å². The highest BCUT2D eigenvalue weighted by Crippen LogP contribution is 2.40. The number of benzene rings is 1. The number of rotatable bonds is 2. The lowest BCUT2D eigenvalue weighted by Crippen LogP contribution is -2.34. The molecule has 20 heavy (non-hydrogen) atoms. The zero-order valence-electron chi connectivity index (χ0n) is 12.1. The summed E-state index contributed by atoms with van der Waals surface area (Å²) in [5, 5.41) is 2.12. The van der Waals surface area contributed by atoms with E-state index < -0.39 is 0 Å². The van der Waals surface area contributed by atoms with Crippen LogP contribution in [0.3, 0.4) is 0 Å². The maximum atomic E-state index is 6.22. The van der Waals surface area contributed by atoms with Crippen molar-refractivity contribution < 1.29 is 8.83 Å². The first kappa shape index (κ1) is 13.7. The van der Waals surface area contributed by atoms with Crippen molar-refractivity contribution in [1.29, 1.82) is 0 Å². The molecule has 4 heteroatoms. The summed E-state index contributed by atoms with van der Waals surface area (Å²) in [4.78, 5) is 0. The van der Waals surface area contributed by atoms with Gasteiger partial charge in [-0.25, -0.2) is 0 Å². The second-order valence-electron chi connectivity index (χ2n) is 6.16. The highest BCUT2D eigenvalue weighted by atomic mass is 79.9. The minimum Gasteiger partial charge on any atom is -0.461 e. The van der Waals surface area contributed by atoms with E-state index in [9.17, 15) is 0 Å². The summed E-state index contributed by atoms with van der Waals surface area (Å²) in [5.41, 5.74) is 8.81. The van der Waals surface area contributed by atoms with Gasteiger partial charge in [0.1, 0.15) is 22.7 Å². The summed E-state index contributed by atoms with van der Waals surface area (Å²) in [5.74, 6) is 1.78. The van der Waals surface area contributed by atoms with Crippen LogP contribution in [0.1, 0.15) is 30.9 Å². The molecule has 3 aromatic rings. The minimum absolute atomic E-state index is 0.306. The molecule has 106 valence electrons. The van der Waals surface area contributed by atoms with E-state index >= 15 is 0 Å². The average Bonchev–Trinajstić information content (AvgIpc) is 2.86. The van der Waals surface area contributed by atoms with E-state index in [-0.39, 0.29) is 5.54 Å². The van der Waals surface area contributed by atoms with Gasteiger partial charge in [-0.05, 0) is 62.2 Å². The van der Waals surface area contributed by atoms with Gasteiger partial charge in [0, 0.05) is 21.9 Å². The molecule has 0 aliphatic carbocycles. The van der Waals surface area contributed by atoms with Gasteiger partial charge in [-0.3, -0.25) is 0 Å². The van der Waals surface area contributed by atoms with Gasteiger partial charge in [0.15, 0.2) is 0 Å². The summed E-state index contributed by atoms with van der Waals surface area (Å²) in [6.45, 7) is 7.96. The lowest BCUT2D eigenvalue weighted by atomic mass is 9.93. The van der Waals surface area contributed by atoms with Gasteiger partial charge in [-0.2, -0.15) is 0 Å². The number of aryl methyl sites for hydroxylation is 2. The van der Waals surface area contributed by atoms with Gasteiger partial charge < -0.3 is 14.6 Å². The van der Waals surface area contributed by atoms with Crippen molar-refractivity contribution in [2.24, 2.45) is 5.73 Å². The molecule has 1 aromatic carbocycles. The van der Waals surface area contributed by atoms with E-state index in [2.05, 4.69) is 22.0 Å². The Morgan fingerprint density at radius 1 is 1.05 bits per heavy atom. The largest absolute Gasteiger partial charge is 0.461 e. The topological polar surface area (TPSA) is 52.3 Å². The summed E-state index contributed by atoms with van der Waals surface area (Å²) >= 11 is 3.64. The fourth-order valence-corrected chi connectivity index (χ4v) is 3.27. The van der Waals surface area contributed by atoms with Crippen LogP contribution in [-0.4, -0.2) is 5.54 Å². The molecule has 0 saturated heterocycles. The summed E-state index contributed by atoms with van der Waals surface area (Å²) in [6.07, 6.45) is 0.735. The first-order valence-corrected chi connectivity index (χ1v) is 7.45. The van der Waals surface area contributed by atoms with Crippen LogP contribution in [0.25, 0.3) is 21.9 Å². The molecule has 0 spiro atoms. The van der Waals surface area contributed by atoms with E-state index in [4.69, 9.17) is 14.6 Å². The van der Waals surface area contributed by atoms with Gasteiger partial charge in [-0.1, -0.05) is 0 Å². The van der Waals surface area contributed by atoms with E-state index in [1.54, 1.807) is 0 Å². The second-order valence-corrected chi connectivity index (χ2v) is 6.95. The lowest BCUT2D eigenvalue weighted by molar-refractivity contribution is 0.510. The van der Waals surface area contributed by atoms with Crippen molar-refractivity contribution in [2.45, 2.75) is 39.7 Å². The third-order valence-corrected chi connectivity index (χ3v) is 4.17. The Morgan fingerprint density at radius 3 is 2.20 bits per heavy atom. The zero-order chi connectivity index (χ0) is 14.7. The van der Waals surface area contributed by atoms with Crippen LogP contribution in [0.5, 0.6) is 0 Å². The highest BCUT2D eigenvalue weighted by molar-refractivity contribution is 9.10. The summed E-state index contributed by atoms with van der Waals surface area (Å²) in [7, 11) is 0. The van der Waals surface area contributed by atoms with Gasteiger partial charge in [0.05, 0.1) is 4.47 Å². The van der Waals surface area contributed by atoms with Gasteiger partial charge >= 0.3 is 0 Å². The molecule has 2 aromatic heterocycles. The van der Waals surface area contributed by atoms with E-state index in [1.165, 1.54) is 0 Å². The molecular weight excluding hydrogens is 318 g/mol. The number of halogens is 1. The maximum absolute atomic E-state index is 6.22. The number of hydrogen-bond donors (Lipinski definition) is 1. The average molecular weight is 336 g/mol. The first-order chi connectivity index (χ1) is 9.26. The molecular formula is C16H18BrNO2. The molecule has 0 bridgehead atoms. The Kier molecular flexibility index (Phi) is 2.99. The Bertz CT molecular complexity index is 748. The number of hydrogen-bond acceptors (Lipinski definition) is 3. The predicted molar refractivity (Wildman–Crippen MR) is 85.1 cm³/mol. The van der Waals surface area contributed by atoms with Crippen molar-refractivity contribution in [3.05, 3.63) is 33.7 Å². The zero-order valence-corrected chi connectivity index (χ0v) is 13.7. The number of furan rings is 2. The lowest BCUT2D eigenvalue weighted by Gasteiger charge is -2.19. The van der Waals surface area contributed by atoms with Crippen LogP contribution in [0.2, 0.25) is 0 Å². The minimum atomic E-state index is -0.306. The van der Waals surface area contributed by atoms with Crippen molar-refractivity contribution in [3.63, 3.8) is 0 Å². The Morgan fingerprint density at radius 2 is 1.60 bits per heavy atom. The molecule has 3 rings (SSSR count). The molecule has 0 aliphatic rings. The molecule has 2 heterocycles. The second kappa shape index (κ2) is 4.37. The predicted octanol–water partition coefficient (Wildman–Crippen LogP) is 4.84. The number of fused-ring (bicyclic) bond motifs is 2. The molecule has 0 atom stereocenters. The maximum Gasteiger partial charge on any atom is 0.149 e. The monoisotopic (exact) mass is 335 g/mol. The van der Waals surface area contributed by atoms with Crippen molar-refractivity contribution >= 4 is 37.9 Å². The van der Waals surface area contributed by atoms with Crippen molar-refractivity contribution in [3.8, 4) is 0 Å². The van der Waals surface area contributed by atoms with E-state index in [0.717, 1.165) is 49.9 Å². The van der Waals surface area contributed by atoms with Crippen LogP contribution in [0.4, 0.5) is 0 Å². The fourth-order valence-electron chi connectivity index (χ4n) is 2.68. The van der Waals surface area contributed by atoms with E-state index in [0.29, 0.717) is 0 Å². The summed E-state index contributed by atoms with van der Waals surface area (Å²) in [6, 6.07) is 4.09. The molecule has 0 amide bonds. The molecule has 0 radical (unpaired) electrons. The van der Waals surface area contributed by atoms with Crippen molar-refractivity contribution in [1.82, 2.24) is 0 Å².